The molecule has 25 heavy (non-hydrogen) atoms. The molecule has 1 unspecified atom stereocenters. The first kappa shape index (κ1) is 16.7. The Hall–Kier alpha value is -3.14. The Morgan fingerprint density at radius 3 is 2.96 bits per heavy atom. The molecule has 9 nitrogen and oxygen atoms in total. The van der Waals surface area contributed by atoms with Crippen molar-refractivity contribution in [1.29, 1.82) is 0 Å². The maximum absolute atomic E-state index is 12.2. The molecule has 3 aromatic rings. The van der Waals surface area contributed by atoms with E-state index in [0.717, 1.165) is 5.01 Å². The van der Waals surface area contributed by atoms with Crippen LogP contribution >= 0.6 is 11.3 Å². The van der Waals surface area contributed by atoms with Crippen LogP contribution in [0.15, 0.2) is 24.1 Å². The van der Waals surface area contributed by atoms with Gasteiger partial charge < -0.3 is 15.0 Å². The summed E-state index contributed by atoms with van der Waals surface area (Å²) >= 11 is 1.48. The van der Waals surface area contributed by atoms with E-state index in [0.29, 0.717) is 16.9 Å². The van der Waals surface area contributed by atoms with E-state index >= 15 is 0 Å². The molecule has 0 aliphatic heterocycles. The highest BCUT2D eigenvalue weighted by Crippen LogP contribution is 2.15. The number of hydrogen-bond acceptors (Lipinski definition) is 8. The second-order valence-corrected chi connectivity index (χ2v) is 6.08. The van der Waals surface area contributed by atoms with E-state index in [4.69, 9.17) is 4.74 Å². The molecule has 0 aliphatic rings. The van der Waals surface area contributed by atoms with Crippen molar-refractivity contribution in [3.8, 4) is 0 Å². The summed E-state index contributed by atoms with van der Waals surface area (Å²) in [6.07, 6.45) is 4.50. The van der Waals surface area contributed by atoms with Crippen molar-refractivity contribution in [3.63, 3.8) is 0 Å². The monoisotopic (exact) mass is 358 g/mol. The molecule has 0 radical (unpaired) electrons. The number of thiazole rings is 1. The Bertz CT molecular complexity index is 948. The van der Waals surface area contributed by atoms with Crippen molar-refractivity contribution in [2.24, 2.45) is 0 Å². The molecule has 0 aliphatic carbocycles. The van der Waals surface area contributed by atoms with E-state index in [1.807, 2.05) is 12.3 Å². The summed E-state index contributed by atoms with van der Waals surface area (Å²) in [6.45, 7) is 3.34. The topological polar surface area (TPSA) is 123 Å². The minimum atomic E-state index is -0.998. The molecule has 0 fully saturated rings. The second kappa shape index (κ2) is 7.18. The van der Waals surface area contributed by atoms with Crippen LogP contribution in [0.5, 0.6) is 0 Å². The van der Waals surface area contributed by atoms with E-state index in [-0.39, 0.29) is 5.82 Å². The smallest absolute Gasteiger partial charge is 0.331 e. The van der Waals surface area contributed by atoms with Crippen molar-refractivity contribution in [2.75, 3.05) is 5.32 Å². The highest BCUT2D eigenvalue weighted by molar-refractivity contribution is 7.09. The zero-order chi connectivity index (χ0) is 17.8. The van der Waals surface area contributed by atoms with Gasteiger partial charge in [0.25, 0.3) is 5.91 Å². The predicted octanol–water partition coefficient (Wildman–Crippen LogP) is 1.70. The summed E-state index contributed by atoms with van der Waals surface area (Å²) in [5.41, 5.74) is 1.59. The van der Waals surface area contributed by atoms with Gasteiger partial charge in [0, 0.05) is 11.5 Å². The van der Waals surface area contributed by atoms with Crippen LogP contribution in [-0.2, 0) is 14.3 Å². The first-order valence-corrected chi connectivity index (χ1v) is 8.16. The Morgan fingerprint density at radius 1 is 1.36 bits per heavy atom. The van der Waals surface area contributed by atoms with Crippen molar-refractivity contribution in [3.05, 3.63) is 34.8 Å². The number of esters is 1. The van der Waals surface area contributed by atoms with Gasteiger partial charge in [0.2, 0.25) is 0 Å². The van der Waals surface area contributed by atoms with E-state index in [1.165, 1.54) is 43.1 Å². The highest BCUT2D eigenvalue weighted by atomic mass is 32.1. The van der Waals surface area contributed by atoms with Crippen molar-refractivity contribution < 1.29 is 14.3 Å². The zero-order valence-electron chi connectivity index (χ0n) is 13.4. The Balaban J connectivity index is 1.59. The molecule has 1 atom stereocenters. The third-order valence-corrected chi connectivity index (χ3v) is 3.95. The van der Waals surface area contributed by atoms with Gasteiger partial charge in [-0.2, -0.15) is 0 Å². The molecule has 10 heteroatoms. The van der Waals surface area contributed by atoms with Gasteiger partial charge in [-0.3, -0.25) is 4.79 Å². The fourth-order valence-corrected chi connectivity index (χ4v) is 2.54. The summed E-state index contributed by atoms with van der Waals surface area (Å²) in [5, 5.41) is 5.30. The van der Waals surface area contributed by atoms with E-state index in [1.54, 1.807) is 0 Å². The molecule has 0 bridgehead atoms. The highest BCUT2D eigenvalue weighted by Gasteiger charge is 2.18. The normalized spacial score (nSPS) is 12.4. The Morgan fingerprint density at radius 2 is 2.20 bits per heavy atom. The van der Waals surface area contributed by atoms with Gasteiger partial charge in [0.15, 0.2) is 17.6 Å². The number of H-pyrrole nitrogens is 1. The van der Waals surface area contributed by atoms with Crippen molar-refractivity contribution in [2.45, 2.75) is 20.0 Å². The number of aromatic nitrogens is 5. The molecule has 3 aromatic heterocycles. The van der Waals surface area contributed by atoms with Gasteiger partial charge in [0.1, 0.15) is 11.8 Å². The number of anilines is 1. The molecule has 0 spiro atoms. The van der Waals surface area contributed by atoms with Gasteiger partial charge in [-0.05, 0) is 19.9 Å². The number of rotatable bonds is 5. The van der Waals surface area contributed by atoms with E-state index in [9.17, 15) is 9.59 Å². The SMILES string of the molecule is Cc1nc(/C=C/C(=O)OC(C)C(=O)Nc2ncnc3nc[nH]c23)cs1. The van der Waals surface area contributed by atoms with Crippen LogP contribution in [-0.4, -0.2) is 42.9 Å². The number of imidazole rings is 1. The number of carbonyl (C=O) groups is 2. The van der Waals surface area contributed by atoms with Crippen molar-refractivity contribution >= 4 is 46.3 Å². The maximum Gasteiger partial charge on any atom is 0.331 e. The predicted molar refractivity (Wildman–Crippen MR) is 91.8 cm³/mol. The van der Waals surface area contributed by atoms with Gasteiger partial charge in [-0.1, -0.05) is 0 Å². The molecule has 1 amide bonds. The van der Waals surface area contributed by atoms with Crippen LogP contribution in [0.3, 0.4) is 0 Å². The number of aryl methyl sites for hydroxylation is 1. The Kier molecular flexibility index (Phi) is 4.80. The average molecular weight is 358 g/mol. The van der Waals surface area contributed by atoms with E-state index < -0.39 is 18.0 Å². The maximum atomic E-state index is 12.2. The Labute approximate surface area is 146 Å². The zero-order valence-corrected chi connectivity index (χ0v) is 14.2. The van der Waals surface area contributed by atoms with Gasteiger partial charge in [0.05, 0.1) is 17.0 Å². The summed E-state index contributed by atoms with van der Waals surface area (Å²) in [5.74, 6) is -0.882. The molecule has 3 heterocycles. The van der Waals surface area contributed by atoms with Crippen LogP contribution in [0.4, 0.5) is 5.82 Å². The minimum Gasteiger partial charge on any atom is -0.449 e. The fourth-order valence-electron chi connectivity index (χ4n) is 1.96. The van der Waals surface area contributed by atoms with Crippen LogP contribution in [0, 0.1) is 6.92 Å². The largest absolute Gasteiger partial charge is 0.449 e. The quantitative estimate of drug-likeness (QED) is 0.525. The van der Waals surface area contributed by atoms with Crippen LogP contribution in [0.25, 0.3) is 17.2 Å². The van der Waals surface area contributed by atoms with Gasteiger partial charge in [-0.15, -0.1) is 11.3 Å². The molecular weight excluding hydrogens is 344 g/mol. The molecule has 128 valence electrons. The summed E-state index contributed by atoms with van der Waals surface area (Å²) in [7, 11) is 0. The molecule has 0 aromatic carbocycles. The van der Waals surface area contributed by atoms with Gasteiger partial charge in [-0.25, -0.2) is 24.7 Å². The van der Waals surface area contributed by atoms with Crippen LogP contribution in [0.2, 0.25) is 0 Å². The number of carbonyl (C=O) groups excluding carboxylic acids is 2. The third kappa shape index (κ3) is 4.04. The number of aromatic amines is 1. The number of nitrogens with zero attached hydrogens (tertiary/aromatic N) is 4. The van der Waals surface area contributed by atoms with Crippen molar-refractivity contribution in [1.82, 2.24) is 24.9 Å². The lowest BCUT2D eigenvalue weighted by Crippen LogP contribution is -2.29. The number of hydrogen-bond donors (Lipinski definition) is 2. The average Bonchev–Trinajstić information content (AvgIpc) is 3.22. The lowest BCUT2D eigenvalue weighted by atomic mass is 10.3. The lowest BCUT2D eigenvalue weighted by Gasteiger charge is -2.11. The first-order valence-electron chi connectivity index (χ1n) is 7.28. The molecule has 2 N–H and O–H groups in total. The fraction of sp³-hybridized carbons (Fsp3) is 0.200. The number of fused-ring (bicyclic) bond motifs is 1. The number of ether oxygens (including phenoxy) is 1. The number of nitrogens with one attached hydrogen (secondary N) is 2. The molecule has 3 rings (SSSR count). The van der Waals surface area contributed by atoms with E-state index in [2.05, 4.69) is 30.2 Å². The lowest BCUT2D eigenvalue weighted by molar-refractivity contribution is -0.148. The third-order valence-electron chi connectivity index (χ3n) is 3.15. The van der Waals surface area contributed by atoms with Crippen LogP contribution in [0.1, 0.15) is 17.6 Å². The van der Waals surface area contributed by atoms with Crippen LogP contribution < -0.4 is 5.32 Å². The minimum absolute atomic E-state index is 0.267. The summed E-state index contributed by atoms with van der Waals surface area (Å²) < 4.78 is 5.08. The molecule has 0 saturated carbocycles. The summed E-state index contributed by atoms with van der Waals surface area (Å²) in [4.78, 5) is 42.9. The molecular formula is C15H14N6O3S. The summed E-state index contributed by atoms with van der Waals surface area (Å²) in [6, 6.07) is 0. The first-order chi connectivity index (χ1) is 12.0. The molecule has 0 saturated heterocycles. The van der Waals surface area contributed by atoms with Gasteiger partial charge >= 0.3 is 5.97 Å². The standard InChI is InChI=1S/C15H14N6O3S/c1-8(24-11(22)4-3-10-5-25-9(2)20-10)15(23)21-14-12-13(17-6-16-12)18-7-19-14/h3-8H,1-2H3,(H2,16,17,18,19,21,23)/b4-3+. The number of amides is 1. The second-order valence-electron chi connectivity index (χ2n) is 5.02.